The molecule has 0 bridgehead atoms. The summed E-state index contributed by atoms with van der Waals surface area (Å²) >= 11 is 5.21. The van der Waals surface area contributed by atoms with Gasteiger partial charge < -0.3 is 14.8 Å². The maximum Gasteiger partial charge on any atom is 0.337 e. The standard InChI is InChI=1S/C24H22N2O4S/c1-29-23(28)18-10-12-20(13-11-18)25-24(31)26-22(27)19-8-5-9-21(16-19)30-15-14-17-6-3-2-4-7-17/h2-13,16H,14-15H2,1H3,(H2,25,26,27,31). The third-order valence-corrected chi connectivity index (χ3v) is 4.59. The van der Waals surface area contributed by atoms with Crippen LogP contribution in [-0.2, 0) is 11.2 Å². The number of amides is 1. The Hall–Kier alpha value is -3.71. The van der Waals surface area contributed by atoms with Crippen LogP contribution < -0.4 is 15.4 Å². The zero-order valence-corrected chi connectivity index (χ0v) is 17.8. The zero-order valence-electron chi connectivity index (χ0n) is 17.0. The maximum absolute atomic E-state index is 12.5. The van der Waals surface area contributed by atoms with E-state index in [2.05, 4.69) is 15.4 Å². The second-order valence-electron chi connectivity index (χ2n) is 6.59. The molecule has 0 radical (unpaired) electrons. The minimum Gasteiger partial charge on any atom is -0.493 e. The Morgan fingerprint density at radius 1 is 0.903 bits per heavy atom. The van der Waals surface area contributed by atoms with Gasteiger partial charge in [-0.05, 0) is 60.2 Å². The number of carbonyl (C=O) groups excluding carboxylic acids is 2. The van der Waals surface area contributed by atoms with E-state index in [1.54, 1.807) is 48.5 Å². The van der Waals surface area contributed by atoms with Crippen molar-refractivity contribution in [1.29, 1.82) is 0 Å². The summed E-state index contributed by atoms with van der Waals surface area (Å²) in [6.45, 7) is 0.511. The number of hydrogen-bond acceptors (Lipinski definition) is 5. The fourth-order valence-corrected chi connectivity index (χ4v) is 3.01. The van der Waals surface area contributed by atoms with Gasteiger partial charge in [0.15, 0.2) is 5.11 Å². The molecule has 3 aromatic rings. The van der Waals surface area contributed by atoms with Gasteiger partial charge >= 0.3 is 5.97 Å². The van der Waals surface area contributed by atoms with Crippen LogP contribution in [0.15, 0.2) is 78.9 Å². The molecule has 0 aliphatic heterocycles. The van der Waals surface area contributed by atoms with E-state index in [-0.39, 0.29) is 11.0 Å². The van der Waals surface area contributed by atoms with E-state index < -0.39 is 5.97 Å². The summed E-state index contributed by atoms with van der Waals surface area (Å²) in [6, 6.07) is 23.5. The topological polar surface area (TPSA) is 76.7 Å². The van der Waals surface area contributed by atoms with Gasteiger partial charge in [0.1, 0.15) is 5.75 Å². The van der Waals surface area contributed by atoms with Gasteiger partial charge in [0.25, 0.3) is 5.91 Å². The number of thiocarbonyl (C=S) groups is 1. The molecule has 3 rings (SSSR count). The second kappa shape index (κ2) is 10.9. The van der Waals surface area contributed by atoms with Gasteiger partial charge in [-0.3, -0.25) is 10.1 Å². The van der Waals surface area contributed by atoms with Crippen LogP contribution in [0.3, 0.4) is 0 Å². The first-order valence-corrected chi connectivity index (χ1v) is 10.0. The van der Waals surface area contributed by atoms with Crippen LogP contribution in [0.2, 0.25) is 0 Å². The van der Waals surface area contributed by atoms with Crippen LogP contribution >= 0.6 is 12.2 Å². The molecule has 0 atom stereocenters. The summed E-state index contributed by atoms with van der Waals surface area (Å²) in [5.74, 6) is -0.161. The summed E-state index contributed by atoms with van der Waals surface area (Å²) < 4.78 is 10.4. The number of carbonyl (C=O) groups is 2. The first kappa shape index (κ1) is 22.0. The van der Waals surface area contributed by atoms with Gasteiger partial charge in [-0.15, -0.1) is 0 Å². The van der Waals surface area contributed by atoms with Crippen molar-refractivity contribution in [3.05, 3.63) is 95.6 Å². The van der Waals surface area contributed by atoms with Gasteiger partial charge in [-0.1, -0.05) is 36.4 Å². The molecule has 2 N–H and O–H groups in total. The van der Waals surface area contributed by atoms with Crippen molar-refractivity contribution in [3.63, 3.8) is 0 Å². The van der Waals surface area contributed by atoms with Crippen molar-refractivity contribution in [2.24, 2.45) is 0 Å². The lowest BCUT2D eigenvalue weighted by atomic mass is 10.2. The number of nitrogens with one attached hydrogen (secondary N) is 2. The zero-order chi connectivity index (χ0) is 22.1. The number of ether oxygens (including phenoxy) is 2. The molecule has 0 saturated carbocycles. The molecular weight excluding hydrogens is 412 g/mol. The summed E-state index contributed by atoms with van der Waals surface area (Å²) in [4.78, 5) is 24.0. The van der Waals surface area contributed by atoms with E-state index in [1.165, 1.54) is 12.7 Å². The minimum absolute atomic E-state index is 0.145. The Kier molecular flexibility index (Phi) is 7.73. The van der Waals surface area contributed by atoms with Crippen LogP contribution in [0.25, 0.3) is 0 Å². The summed E-state index contributed by atoms with van der Waals surface area (Å²) in [6.07, 6.45) is 0.778. The molecule has 31 heavy (non-hydrogen) atoms. The van der Waals surface area contributed by atoms with Crippen molar-refractivity contribution in [2.45, 2.75) is 6.42 Å². The van der Waals surface area contributed by atoms with E-state index in [0.717, 1.165) is 6.42 Å². The smallest absolute Gasteiger partial charge is 0.337 e. The molecule has 0 spiro atoms. The number of rotatable bonds is 7. The Balaban J connectivity index is 1.52. The highest BCUT2D eigenvalue weighted by molar-refractivity contribution is 7.80. The van der Waals surface area contributed by atoms with Gasteiger partial charge in [0.05, 0.1) is 19.3 Å². The van der Waals surface area contributed by atoms with E-state index in [9.17, 15) is 9.59 Å². The molecule has 0 aliphatic rings. The predicted octanol–water partition coefficient (Wildman–Crippen LogP) is 4.22. The SMILES string of the molecule is COC(=O)c1ccc(NC(=S)NC(=O)c2cccc(OCCc3ccccc3)c2)cc1. The molecule has 1 amide bonds. The Bertz CT molecular complexity index is 1050. The number of benzene rings is 3. The molecule has 0 saturated heterocycles. The molecular formula is C24H22N2O4S. The molecule has 6 nitrogen and oxygen atoms in total. The first-order chi connectivity index (χ1) is 15.0. The summed E-state index contributed by atoms with van der Waals surface area (Å²) in [5, 5.41) is 5.69. The lowest BCUT2D eigenvalue weighted by Gasteiger charge is -2.11. The third-order valence-electron chi connectivity index (χ3n) is 4.39. The van der Waals surface area contributed by atoms with Crippen LogP contribution in [0.4, 0.5) is 5.69 Å². The summed E-state index contributed by atoms with van der Waals surface area (Å²) in [7, 11) is 1.32. The second-order valence-corrected chi connectivity index (χ2v) is 7.00. The lowest BCUT2D eigenvalue weighted by Crippen LogP contribution is -2.34. The van der Waals surface area contributed by atoms with Crippen LogP contribution in [-0.4, -0.2) is 30.7 Å². The van der Waals surface area contributed by atoms with E-state index in [0.29, 0.717) is 29.2 Å². The third kappa shape index (κ3) is 6.65. The maximum atomic E-state index is 12.5. The van der Waals surface area contributed by atoms with Gasteiger partial charge in [-0.2, -0.15) is 0 Å². The Labute approximate surface area is 186 Å². The lowest BCUT2D eigenvalue weighted by molar-refractivity contribution is 0.0600. The van der Waals surface area contributed by atoms with Crippen molar-refractivity contribution in [3.8, 4) is 5.75 Å². The number of anilines is 1. The van der Waals surface area contributed by atoms with Gasteiger partial charge in [0.2, 0.25) is 0 Å². The molecule has 0 heterocycles. The van der Waals surface area contributed by atoms with Crippen LogP contribution in [0.1, 0.15) is 26.3 Å². The highest BCUT2D eigenvalue weighted by Gasteiger charge is 2.10. The monoisotopic (exact) mass is 434 g/mol. The van der Waals surface area contributed by atoms with Gasteiger partial charge in [-0.25, -0.2) is 4.79 Å². The normalized spacial score (nSPS) is 10.1. The Morgan fingerprint density at radius 3 is 2.35 bits per heavy atom. The van der Waals surface area contributed by atoms with Crippen LogP contribution in [0, 0.1) is 0 Å². The van der Waals surface area contributed by atoms with Crippen molar-refractivity contribution in [2.75, 3.05) is 19.0 Å². The molecule has 3 aromatic carbocycles. The van der Waals surface area contributed by atoms with E-state index in [1.807, 2.05) is 30.3 Å². The minimum atomic E-state index is -0.423. The van der Waals surface area contributed by atoms with Crippen molar-refractivity contribution < 1.29 is 19.1 Å². The highest BCUT2D eigenvalue weighted by Crippen LogP contribution is 2.15. The molecule has 0 fully saturated rings. The number of esters is 1. The highest BCUT2D eigenvalue weighted by atomic mass is 32.1. The summed E-state index contributed by atoms with van der Waals surface area (Å²) in [5.41, 5.74) is 2.68. The predicted molar refractivity (Wildman–Crippen MR) is 124 cm³/mol. The Morgan fingerprint density at radius 2 is 1.65 bits per heavy atom. The van der Waals surface area contributed by atoms with E-state index >= 15 is 0 Å². The number of hydrogen-bond donors (Lipinski definition) is 2. The molecule has 7 heteroatoms. The van der Waals surface area contributed by atoms with Crippen molar-refractivity contribution in [1.82, 2.24) is 5.32 Å². The average Bonchev–Trinajstić information content (AvgIpc) is 2.80. The molecule has 0 aromatic heterocycles. The average molecular weight is 435 g/mol. The van der Waals surface area contributed by atoms with Gasteiger partial charge in [0, 0.05) is 17.7 Å². The largest absolute Gasteiger partial charge is 0.493 e. The molecule has 0 unspecified atom stereocenters. The number of methoxy groups -OCH3 is 1. The fraction of sp³-hybridized carbons (Fsp3) is 0.125. The van der Waals surface area contributed by atoms with Crippen molar-refractivity contribution >= 4 is 34.9 Å². The molecule has 158 valence electrons. The quantitative estimate of drug-likeness (QED) is 0.428. The van der Waals surface area contributed by atoms with Crippen LogP contribution in [0.5, 0.6) is 5.75 Å². The van der Waals surface area contributed by atoms with E-state index in [4.69, 9.17) is 17.0 Å². The fourth-order valence-electron chi connectivity index (χ4n) is 2.80. The molecule has 0 aliphatic carbocycles. The first-order valence-electron chi connectivity index (χ1n) is 9.62.